The van der Waals surface area contributed by atoms with Gasteiger partial charge >= 0.3 is 5.97 Å². The van der Waals surface area contributed by atoms with E-state index in [-0.39, 0.29) is 12.3 Å². The third kappa shape index (κ3) is 5.65. The first-order valence-corrected chi connectivity index (χ1v) is 5.85. The second-order valence-corrected chi connectivity index (χ2v) is 5.03. The first kappa shape index (κ1) is 13.9. The average Bonchev–Trinajstić information content (AvgIpc) is 2.15. The lowest BCUT2D eigenvalue weighted by Gasteiger charge is -2.29. The molecular formula is C11H21N3O3. The van der Waals surface area contributed by atoms with E-state index in [1.165, 1.54) is 0 Å². The molecule has 0 saturated carbocycles. The van der Waals surface area contributed by atoms with Gasteiger partial charge < -0.3 is 15.7 Å². The first-order valence-electron chi connectivity index (χ1n) is 5.85. The maximum Gasteiger partial charge on any atom is 0.305 e. The van der Waals surface area contributed by atoms with Crippen molar-refractivity contribution in [1.82, 2.24) is 15.5 Å². The second kappa shape index (κ2) is 5.97. The minimum Gasteiger partial charge on any atom is -0.481 e. The Bertz CT molecular complexity index is 286. The fourth-order valence-electron chi connectivity index (χ4n) is 1.91. The summed E-state index contributed by atoms with van der Waals surface area (Å²) in [4.78, 5) is 24.4. The van der Waals surface area contributed by atoms with E-state index in [4.69, 9.17) is 5.11 Å². The summed E-state index contributed by atoms with van der Waals surface area (Å²) in [5.74, 6) is -1.02. The average molecular weight is 243 g/mol. The third-order valence-electron chi connectivity index (χ3n) is 2.65. The zero-order chi connectivity index (χ0) is 12.9. The van der Waals surface area contributed by atoms with Gasteiger partial charge in [0.15, 0.2) is 0 Å². The molecule has 0 atom stereocenters. The largest absolute Gasteiger partial charge is 0.481 e. The van der Waals surface area contributed by atoms with E-state index in [9.17, 15) is 9.59 Å². The number of rotatable bonds is 5. The van der Waals surface area contributed by atoms with Crippen molar-refractivity contribution in [2.75, 3.05) is 32.7 Å². The lowest BCUT2D eigenvalue weighted by atomic mass is 10.0. The molecule has 6 heteroatoms. The van der Waals surface area contributed by atoms with Crippen LogP contribution in [0.25, 0.3) is 0 Å². The number of hydrogen-bond acceptors (Lipinski definition) is 4. The van der Waals surface area contributed by atoms with Crippen LogP contribution in [0.3, 0.4) is 0 Å². The number of carbonyl (C=O) groups is 2. The third-order valence-corrected chi connectivity index (χ3v) is 2.65. The van der Waals surface area contributed by atoms with Crippen LogP contribution in [0.5, 0.6) is 0 Å². The van der Waals surface area contributed by atoms with E-state index in [2.05, 4.69) is 15.5 Å². The highest BCUT2D eigenvalue weighted by Crippen LogP contribution is 2.07. The van der Waals surface area contributed by atoms with Gasteiger partial charge in [0, 0.05) is 31.7 Å². The Morgan fingerprint density at radius 2 is 1.94 bits per heavy atom. The van der Waals surface area contributed by atoms with Gasteiger partial charge in [-0.1, -0.05) is 0 Å². The van der Waals surface area contributed by atoms with E-state index < -0.39 is 11.5 Å². The van der Waals surface area contributed by atoms with Gasteiger partial charge in [0.1, 0.15) is 0 Å². The maximum atomic E-state index is 11.7. The van der Waals surface area contributed by atoms with Crippen LogP contribution in [-0.4, -0.2) is 60.1 Å². The highest BCUT2D eigenvalue weighted by molar-refractivity contribution is 5.80. The molecule has 1 aliphatic heterocycles. The van der Waals surface area contributed by atoms with Crippen LogP contribution in [-0.2, 0) is 9.59 Å². The zero-order valence-corrected chi connectivity index (χ0v) is 10.5. The second-order valence-electron chi connectivity index (χ2n) is 5.03. The molecule has 1 aliphatic rings. The lowest BCUT2D eigenvalue weighted by molar-refractivity contribution is -0.138. The maximum absolute atomic E-state index is 11.7. The predicted molar refractivity (Wildman–Crippen MR) is 63.8 cm³/mol. The van der Waals surface area contributed by atoms with E-state index in [0.29, 0.717) is 6.54 Å². The van der Waals surface area contributed by atoms with Crippen LogP contribution < -0.4 is 10.6 Å². The van der Waals surface area contributed by atoms with Gasteiger partial charge in [-0.15, -0.1) is 0 Å². The standard InChI is InChI=1S/C11H21N3O3/c1-11(2,7-10(16)17)13-9(15)8-14-5-3-12-4-6-14/h12H,3-8H2,1-2H3,(H,13,15)(H,16,17). The van der Waals surface area contributed by atoms with Crippen molar-refractivity contribution < 1.29 is 14.7 Å². The van der Waals surface area contributed by atoms with Gasteiger partial charge in [-0.3, -0.25) is 14.5 Å². The molecule has 98 valence electrons. The van der Waals surface area contributed by atoms with Gasteiger partial charge in [0.2, 0.25) is 5.91 Å². The molecule has 1 rings (SSSR count). The molecule has 0 unspecified atom stereocenters. The summed E-state index contributed by atoms with van der Waals surface area (Å²) in [6, 6.07) is 0. The quantitative estimate of drug-likeness (QED) is 0.592. The van der Waals surface area contributed by atoms with Crippen molar-refractivity contribution in [2.45, 2.75) is 25.8 Å². The SMILES string of the molecule is CC(C)(CC(=O)O)NC(=O)CN1CCNCC1. The summed E-state index contributed by atoms with van der Waals surface area (Å²) in [6.45, 7) is 7.27. The van der Waals surface area contributed by atoms with E-state index in [1.54, 1.807) is 13.8 Å². The Kier molecular flexibility index (Phi) is 4.89. The molecule has 1 saturated heterocycles. The summed E-state index contributed by atoms with van der Waals surface area (Å²) in [6.07, 6.45) is -0.0692. The molecule has 0 aromatic carbocycles. The van der Waals surface area contributed by atoms with Crippen LogP contribution in [0.15, 0.2) is 0 Å². The summed E-state index contributed by atoms with van der Waals surface area (Å²) in [7, 11) is 0. The summed E-state index contributed by atoms with van der Waals surface area (Å²) >= 11 is 0. The van der Waals surface area contributed by atoms with Gasteiger partial charge in [-0.2, -0.15) is 0 Å². The Balaban J connectivity index is 2.34. The molecule has 0 aliphatic carbocycles. The van der Waals surface area contributed by atoms with Crippen molar-refractivity contribution in [2.24, 2.45) is 0 Å². The van der Waals surface area contributed by atoms with E-state index in [1.807, 2.05) is 0 Å². The van der Waals surface area contributed by atoms with Crippen molar-refractivity contribution >= 4 is 11.9 Å². The molecule has 6 nitrogen and oxygen atoms in total. The number of carbonyl (C=O) groups excluding carboxylic acids is 1. The van der Waals surface area contributed by atoms with Crippen molar-refractivity contribution in [3.05, 3.63) is 0 Å². The molecule has 17 heavy (non-hydrogen) atoms. The van der Waals surface area contributed by atoms with Crippen molar-refractivity contribution in [3.8, 4) is 0 Å². The Labute approximate surface area is 101 Å². The molecular weight excluding hydrogens is 222 g/mol. The highest BCUT2D eigenvalue weighted by Gasteiger charge is 2.24. The molecule has 0 aromatic heterocycles. The topological polar surface area (TPSA) is 81.7 Å². The molecule has 3 N–H and O–H groups in total. The van der Waals surface area contributed by atoms with Crippen molar-refractivity contribution in [1.29, 1.82) is 0 Å². The number of piperazine rings is 1. The fraction of sp³-hybridized carbons (Fsp3) is 0.818. The number of hydrogen-bond donors (Lipinski definition) is 3. The minimum absolute atomic E-state index is 0.0692. The summed E-state index contributed by atoms with van der Waals surface area (Å²) < 4.78 is 0. The van der Waals surface area contributed by atoms with Crippen LogP contribution in [0.1, 0.15) is 20.3 Å². The molecule has 0 bridgehead atoms. The smallest absolute Gasteiger partial charge is 0.305 e. The van der Waals surface area contributed by atoms with Crippen LogP contribution in [0.2, 0.25) is 0 Å². The molecule has 1 fully saturated rings. The Morgan fingerprint density at radius 1 is 1.35 bits per heavy atom. The molecule has 0 aromatic rings. The molecule has 0 radical (unpaired) electrons. The van der Waals surface area contributed by atoms with Crippen LogP contribution in [0, 0.1) is 0 Å². The normalized spacial score (nSPS) is 17.8. The van der Waals surface area contributed by atoms with Gasteiger partial charge in [0.25, 0.3) is 0 Å². The molecule has 1 heterocycles. The molecule has 1 amide bonds. The van der Waals surface area contributed by atoms with Gasteiger partial charge in [-0.25, -0.2) is 0 Å². The Hall–Kier alpha value is -1.14. The first-order chi connectivity index (χ1) is 7.89. The zero-order valence-electron chi connectivity index (χ0n) is 10.5. The summed E-state index contributed by atoms with van der Waals surface area (Å²) in [5, 5.41) is 14.7. The lowest BCUT2D eigenvalue weighted by Crippen LogP contribution is -2.52. The predicted octanol–water partition coefficient (Wildman–Crippen LogP) is -0.739. The number of carboxylic acid groups (broad SMARTS) is 1. The minimum atomic E-state index is -0.905. The Morgan fingerprint density at radius 3 is 2.47 bits per heavy atom. The van der Waals surface area contributed by atoms with Gasteiger partial charge in [-0.05, 0) is 13.8 Å². The number of amides is 1. The monoisotopic (exact) mass is 243 g/mol. The van der Waals surface area contributed by atoms with E-state index in [0.717, 1.165) is 26.2 Å². The summed E-state index contributed by atoms with van der Waals surface area (Å²) in [5.41, 5.74) is -0.697. The van der Waals surface area contributed by atoms with E-state index >= 15 is 0 Å². The van der Waals surface area contributed by atoms with Crippen LogP contribution >= 0.6 is 0 Å². The number of carboxylic acids is 1. The fourth-order valence-corrected chi connectivity index (χ4v) is 1.91. The van der Waals surface area contributed by atoms with Gasteiger partial charge in [0.05, 0.1) is 13.0 Å². The number of nitrogens with one attached hydrogen (secondary N) is 2. The number of nitrogens with zero attached hydrogens (tertiary/aromatic N) is 1. The number of aliphatic carboxylic acids is 1. The van der Waals surface area contributed by atoms with Crippen LogP contribution in [0.4, 0.5) is 0 Å². The van der Waals surface area contributed by atoms with Crippen molar-refractivity contribution in [3.63, 3.8) is 0 Å². The molecule has 0 spiro atoms. The highest BCUT2D eigenvalue weighted by atomic mass is 16.4.